The molecule has 0 aliphatic carbocycles. The minimum absolute atomic E-state index is 0.00110. The van der Waals surface area contributed by atoms with E-state index in [0.29, 0.717) is 11.3 Å². The molecule has 10 nitrogen and oxygen atoms in total. The van der Waals surface area contributed by atoms with Crippen LogP contribution < -0.4 is 21.3 Å². The number of furan rings is 1. The van der Waals surface area contributed by atoms with E-state index in [1.165, 1.54) is 30.5 Å². The van der Waals surface area contributed by atoms with Gasteiger partial charge in [0.05, 0.1) is 27.9 Å². The molecule has 5 N–H and O–H groups in total. The number of aliphatic carboxylic acids is 1. The number of amides is 3. The fraction of sp³-hybridized carbons (Fsp3) is 0.360. The molecule has 1 unspecified atom stereocenters. The zero-order valence-corrected chi connectivity index (χ0v) is 21.4. The largest absolute Gasteiger partial charge is 0.480 e. The van der Waals surface area contributed by atoms with Crippen LogP contribution in [0.15, 0.2) is 41.0 Å². The summed E-state index contributed by atoms with van der Waals surface area (Å²) < 4.78 is 5.12. The van der Waals surface area contributed by atoms with E-state index in [-0.39, 0.29) is 53.0 Å². The summed E-state index contributed by atoms with van der Waals surface area (Å²) in [5, 5.41) is 20.4. The summed E-state index contributed by atoms with van der Waals surface area (Å²) in [5.74, 6) is -2.06. The highest BCUT2D eigenvalue weighted by Gasteiger charge is 2.25. The fourth-order valence-corrected chi connectivity index (χ4v) is 4.47. The molecular weight excluding hydrogens is 523 g/mol. The van der Waals surface area contributed by atoms with Crippen LogP contribution in [0, 0.1) is 0 Å². The van der Waals surface area contributed by atoms with Crippen molar-refractivity contribution in [3.63, 3.8) is 0 Å². The molecule has 0 bridgehead atoms. The molecule has 198 valence electrons. The van der Waals surface area contributed by atoms with Gasteiger partial charge in [-0.25, -0.2) is 4.79 Å². The molecule has 2 heterocycles. The second-order valence-electron chi connectivity index (χ2n) is 8.45. The van der Waals surface area contributed by atoms with Gasteiger partial charge in [-0.2, -0.15) is 0 Å². The van der Waals surface area contributed by atoms with E-state index in [2.05, 4.69) is 21.3 Å². The highest BCUT2D eigenvalue weighted by Crippen LogP contribution is 2.27. The second-order valence-corrected chi connectivity index (χ2v) is 9.26. The molecule has 1 saturated heterocycles. The first-order valence-corrected chi connectivity index (χ1v) is 12.5. The Labute approximate surface area is 223 Å². The van der Waals surface area contributed by atoms with Gasteiger partial charge in [0.1, 0.15) is 11.8 Å². The van der Waals surface area contributed by atoms with Gasteiger partial charge in [-0.3, -0.25) is 14.4 Å². The number of hydrogen-bond acceptors (Lipinski definition) is 6. The SMILES string of the molecule is O=C(/C=C/c1ccco1)NCc1cc(Cl)c(C(=O)N[C@@H](CCNC(=O)C2CCCCN2)C(=O)O)c(Cl)c1. The van der Waals surface area contributed by atoms with Gasteiger partial charge in [-0.1, -0.05) is 29.6 Å². The van der Waals surface area contributed by atoms with E-state index in [4.69, 9.17) is 27.6 Å². The summed E-state index contributed by atoms with van der Waals surface area (Å²) >= 11 is 12.5. The lowest BCUT2D eigenvalue weighted by molar-refractivity contribution is -0.139. The van der Waals surface area contributed by atoms with Crippen molar-refractivity contribution in [2.24, 2.45) is 0 Å². The number of carboxylic acid groups (broad SMARTS) is 1. The molecule has 12 heteroatoms. The van der Waals surface area contributed by atoms with Crippen molar-refractivity contribution >= 4 is 53.0 Å². The fourth-order valence-electron chi connectivity index (χ4n) is 3.76. The smallest absolute Gasteiger partial charge is 0.326 e. The molecule has 3 amide bonds. The molecular formula is C25H28Cl2N4O6. The van der Waals surface area contributed by atoms with Crippen LogP contribution in [-0.4, -0.2) is 54.0 Å². The van der Waals surface area contributed by atoms with Crippen LogP contribution in [0.4, 0.5) is 0 Å². The number of rotatable bonds is 11. The van der Waals surface area contributed by atoms with Crippen LogP contribution in [0.25, 0.3) is 6.08 Å². The Kier molecular flexibility index (Phi) is 10.6. The minimum atomic E-state index is -1.26. The Hall–Kier alpha value is -3.34. The van der Waals surface area contributed by atoms with Crippen molar-refractivity contribution in [1.29, 1.82) is 0 Å². The van der Waals surface area contributed by atoms with Crippen LogP contribution >= 0.6 is 23.2 Å². The second kappa shape index (κ2) is 13.8. The van der Waals surface area contributed by atoms with Crippen molar-refractivity contribution in [3.05, 3.63) is 63.5 Å². The zero-order chi connectivity index (χ0) is 26.8. The van der Waals surface area contributed by atoms with Gasteiger partial charge >= 0.3 is 5.97 Å². The molecule has 1 aliphatic rings. The summed E-state index contributed by atoms with van der Waals surface area (Å²) in [6.07, 6.45) is 6.99. The van der Waals surface area contributed by atoms with Crippen LogP contribution in [-0.2, 0) is 20.9 Å². The van der Waals surface area contributed by atoms with Crippen molar-refractivity contribution in [2.75, 3.05) is 13.1 Å². The summed E-state index contributed by atoms with van der Waals surface area (Å²) in [5.41, 5.74) is 0.456. The van der Waals surface area contributed by atoms with Crippen LogP contribution in [0.2, 0.25) is 10.0 Å². The van der Waals surface area contributed by atoms with Gasteiger partial charge in [0.2, 0.25) is 11.8 Å². The first-order valence-electron chi connectivity index (χ1n) is 11.8. The standard InChI is InChI=1S/C25H28Cl2N4O6/c26-17-12-15(14-30-21(32)7-6-16-4-3-11-37-16)13-18(27)22(17)24(34)31-20(25(35)36)8-10-29-23(33)19-5-1-2-9-28-19/h3-4,6-7,11-13,19-20,28H,1-2,5,8-10,14H2,(H,29,33)(H,30,32)(H,31,34)(H,35,36)/b7-6+/t19?,20-/m0/s1. The van der Waals surface area contributed by atoms with E-state index >= 15 is 0 Å². The molecule has 37 heavy (non-hydrogen) atoms. The third-order valence-corrected chi connectivity index (χ3v) is 6.30. The molecule has 1 aliphatic heterocycles. The number of hydrogen-bond donors (Lipinski definition) is 5. The molecule has 2 aromatic rings. The highest BCUT2D eigenvalue weighted by atomic mass is 35.5. The number of carboxylic acids is 1. The van der Waals surface area contributed by atoms with E-state index < -0.39 is 17.9 Å². The molecule has 0 saturated carbocycles. The number of piperidine rings is 1. The summed E-state index contributed by atoms with van der Waals surface area (Å²) in [6.45, 7) is 0.931. The number of halogens is 2. The van der Waals surface area contributed by atoms with Gasteiger partial charge in [0.15, 0.2) is 0 Å². The Morgan fingerprint density at radius 1 is 1.16 bits per heavy atom. The first kappa shape index (κ1) is 28.2. The monoisotopic (exact) mass is 550 g/mol. The van der Waals surface area contributed by atoms with Crippen LogP contribution in [0.3, 0.4) is 0 Å². The maximum atomic E-state index is 12.8. The van der Waals surface area contributed by atoms with Gasteiger partial charge < -0.3 is 30.8 Å². The van der Waals surface area contributed by atoms with Gasteiger partial charge in [-0.15, -0.1) is 0 Å². The Balaban J connectivity index is 1.54. The minimum Gasteiger partial charge on any atom is -0.480 e. The van der Waals surface area contributed by atoms with Gasteiger partial charge in [0, 0.05) is 19.2 Å². The quantitative estimate of drug-likeness (QED) is 0.270. The highest BCUT2D eigenvalue weighted by molar-refractivity contribution is 6.39. The van der Waals surface area contributed by atoms with E-state index in [1.54, 1.807) is 12.1 Å². The molecule has 2 atom stereocenters. The normalized spacial score (nSPS) is 16.2. The van der Waals surface area contributed by atoms with E-state index in [9.17, 15) is 24.3 Å². The molecule has 1 aromatic carbocycles. The lowest BCUT2D eigenvalue weighted by Gasteiger charge is -2.23. The average Bonchev–Trinajstić information content (AvgIpc) is 3.39. The number of carbonyl (C=O) groups is 4. The lowest BCUT2D eigenvalue weighted by Crippen LogP contribution is -2.48. The summed E-state index contributed by atoms with van der Waals surface area (Å²) in [6, 6.07) is 4.77. The average molecular weight is 551 g/mol. The molecule has 0 spiro atoms. The summed E-state index contributed by atoms with van der Waals surface area (Å²) in [4.78, 5) is 48.7. The summed E-state index contributed by atoms with van der Waals surface area (Å²) in [7, 11) is 0. The third kappa shape index (κ3) is 8.63. The Morgan fingerprint density at radius 3 is 2.54 bits per heavy atom. The van der Waals surface area contributed by atoms with Crippen molar-refractivity contribution in [1.82, 2.24) is 21.3 Å². The maximum absolute atomic E-state index is 12.8. The molecule has 3 rings (SSSR count). The maximum Gasteiger partial charge on any atom is 0.326 e. The predicted molar refractivity (Wildman–Crippen MR) is 138 cm³/mol. The van der Waals surface area contributed by atoms with Gasteiger partial charge in [-0.05, 0) is 61.7 Å². The van der Waals surface area contributed by atoms with Crippen molar-refractivity contribution in [3.8, 4) is 0 Å². The third-order valence-electron chi connectivity index (χ3n) is 5.70. The van der Waals surface area contributed by atoms with Gasteiger partial charge in [0.25, 0.3) is 5.91 Å². The number of carbonyl (C=O) groups excluding carboxylic acids is 3. The van der Waals surface area contributed by atoms with Crippen molar-refractivity contribution in [2.45, 2.75) is 44.3 Å². The zero-order valence-electron chi connectivity index (χ0n) is 19.9. The number of nitrogens with one attached hydrogen (secondary N) is 4. The number of benzene rings is 1. The Bertz CT molecular complexity index is 1120. The molecule has 1 fully saturated rings. The first-order chi connectivity index (χ1) is 17.7. The molecule has 1 aromatic heterocycles. The molecule has 0 radical (unpaired) electrons. The van der Waals surface area contributed by atoms with Crippen LogP contribution in [0.5, 0.6) is 0 Å². The van der Waals surface area contributed by atoms with Crippen molar-refractivity contribution < 1.29 is 28.7 Å². The predicted octanol–water partition coefficient (Wildman–Crippen LogP) is 2.75. The van der Waals surface area contributed by atoms with Crippen LogP contribution in [0.1, 0.15) is 47.4 Å². The van der Waals surface area contributed by atoms with E-state index in [1.807, 2.05) is 0 Å². The topological polar surface area (TPSA) is 150 Å². The van der Waals surface area contributed by atoms with E-state index in [0.717, 1.165) is 25.8 Å². The lowest BCUT2D eigenvalue weighted by atomic mass is 10.0. The Morgan fingerprint density at radius 2 is 1.92 bits per heavy atom.